The fourth-order valence-corrected chi connectivity index (χ4v) is 5.40. The van der Waals surface area contributed by atoms with Crippen molar-refractivity contribution < 1.29 is 13.2 Å². The molecular weight excluding hydrogens is 402 g/mol. The molecule has 3 heterocycles. The van der Waals surface area contributed by atoms with Crippen LogP contribution in [0.3, 0.4) is 0 Å². The van der Waals surface area contributed by atoms with E-state index in [2.05, 4.69) is 33.6 Å². The monoisotopic (exact) mass is 435 g/mol. The molecule has 2 unspecified atom stereocenters. The van der Waals surface area contributed by atoms with Crippen molar-refractivity contribution in [1.29, 1.82) is 0 Å². The molecule has 2 aromatic rings. The number of pyridine rings is 1. The molecule has 0 radical (unpaired) electrons. The zero-order valence-electron chi connectivity index (χ0n) is 18.9. The van der Waals surface area contributed by atoms with Crippen LogP contribution in [-0.2, 0) is 26.8 Å². The number of sulfonamides is 1. The van der Waals surface area contributed by atoms with Crippen LogP contribution in [0, 0.1) is 13.8 Å². The molecule has 1 N–H and O–H groups in total. The van der Waals surface area contributed by atoms with Crippen LogP contribution in [0.1, 0.15) is 51.6 Å². The summed E-state index contributed by atoms with van der Waals surface area (Å²) in [6.45, 7) is 15.4. The third-order valence-corrected chi connectivity index (χ3v) is 6.80. The first-order valence-electron chi connectivity index (χ1n) is 10.3. The summed E-state index contributed by atoms with van der Waals surface area (Å²) in [5.41, 5.74) is 1.64. The van der Waals surface area contributed by atoms with Crippen molar-refractivity contribution in [3.05, 3.63) is 35.3 Å². The average molecular weight is 436 g/mol. The second-order valence-electron chi connectivity index (χ2n) is 9.09. The van der Waals surface area contributed by atoms with E-state index in [1.165, 1.54) is 0 Å². The average Bonchev–Trinajstić information content (AvgIpc) is 2.95. The maximum absolute atomic E-state index is 13.0. The van der Waals surface area contributed by atoms with Crippen molar-refractivity contribution in [3.8, 4) is 0 Å². The van der Waals surface area contributed by atoms with Gasteiger partial charge in [0.1, 0.15) is 10.7 Å². The molecule has 8 nitrogen and oxygen atoms in total. The van der Waals surface area contributed by atoms with Crippen molar-refractivity contribution in [2.75, 3.05) is 18.0 Å². The molecule has 3 rings (SSSR count). The van der Waals surface area contributed by atoms with Crippen molar-refractivity contribution in [3.63, 3.8) is 0 Å². The maximum atomic E-state index is 13.0. The number of rotatable bonds is 5. The molecule has 1 aliphatic rings. The second kappa shape index (κ2) is 8.28. The first-order valence-corrected chi connectivity index (χ1v) is 11.8. The SMILES string of the molecule is Cc1nn(C(C)(C)C)c(C)c1S(=O)(=O)NCc1ccc(N2CC(C)OC(C)C2)nc1. The Labute approximate surface area is 179 Å². The number of morpholine rings is 1. The molecule has 0 aromatic carbocycles. The van der Waals surface area contributed by atoms with Gasteiger partial charge in [-0.1, -0.05) is 6.07 Å². The molecule has 0 amide bonds. The van der Waals surface area contributed by atoms with Gasteiger partial charge < -0.3 is 9.64 Å². The minimum atomic E-state index is -3.69. The van der Waals surface area contributed by atoms with Gasteiger partial charge in [-0.15, -0.1) is 0 Å². The van der Waals surface area contributed by atoms with E-state index in [1.807, 2.05) is 32.9 Å². The van der Waals surface area contributed by atoms with Gasteiger partial charge in [-0.2, -0.15) is 5.10 Å². The number of aryl methyl sites for hydroxylation is 1. The highest BCUT2D eigenvalue weighted by molar-refractivity contribution is 7.89. The van der Waals surface area contributed by atoms with Crippen LogP contribution in [0.15, 0.2) is 23.2 Å². The Balaban J connectivity index is 1.72. The highest BCUT2D eigenvalue weighted by Crippen LogP contribution is 2.25. The van der Waals surface area contributed by atoms with Gasteiger partial charge >= 0.3 is 0 Å². The van der Waals surface area contributed by atoms with Gasteiger partial charge in [0.2, 0.25) is 10.0 Å². The number of nitrogens with zero attached hydrogens (tertiary/aromatic N) is 4. The van der Waals surface area contributed by atoms with E-state index in [4.69, 9.17) is 4.74 Å². The number of aromatic nitrogens is 3. The van der Waals surface area contributed by atoms with E-state index in [9.17, 15) is 8.42 Å². The molecule has 0 aliphatic carbocycles. The zero-order valence-corrected chi connectivity index (χ0v) is 19.7. The van der Waals surface area contributed by atoms with E-state index in [0.717, 1.165) is 24.5 Å². The largest absolute Gasteiger partial charge is 0.372 e. The lowest BCUT2D eigenvalue weighted by Crippen LogP contribution is -2.45. The molecule has 2 atom stereocenters. The smallest absolute Gasteiger partial charge is 0.244 e. The summed E-state index contributed by atoms with van der Waals surface area (Å²) in [5, 5.41) is 4.45. The molecule has 1 fully saturated rings. The van der Waals surface area contributed by atoms with Gasteiger partial charge in [-0.3, -0.25) is 4.68 Å². The molecule has 0 spiro atoms. The number of anilines is 1. The molecule has 166 valence electrons. The number of nitrogens with one attached hydrogen (secondary N) is 1. The van der Waals surface area contributed by atoms with E-state index >= 15 is 0 Å². The first-order chi connectivity index (χ1) is 13.9. The Morgan fingerprint density at radius 3 is 2.30 bits per heavy atom. The van der Waals surface area contributed by atoms with Crippen molar-refractivity contribution in [2.24, 2.45) is 0 Å². The van der Waals surface area contributed by atoms with Gasteiger partial charge in [0.25, 0.3) is 0 Å². The molecule has 1 aliphatic heterocycles. The minimum absolute atomic E-state index is 0.155. The fourth-order valence-electron chi connectivity index (χ4n) is 3.99. The van der Waals surface area contributed by atoms with Gasteiger partial charge in [0.15, 0.2) is 0 Å². The summed E-state index contributed by atoms with van der Waals surface area (Å²) in [5.74, 6) is 0.877. The van der Waals surface area contributed by atoms with Crippen LogP contribution in [0.25, 0.3) is 0 Å². The van der Waals surface area contributed by atoms with Gasteiger partial charge in [0, 0.05) is 25.8 Å². The minimum Gasteiger partial charge on any atom is -0.372 e. The predicted octanol–water partition coefficient (Wildman–Crippen LogP) is 2.74. The lowest BCUT2D eigenvalue weighted by molar-refractivity contribution is -0.00546. The third kappa shape index (κ3) is 4.84. The molecule has 9 heteroatoms. The Kier molecular flexibility index (Phi) is 6.27. The van der Waals surface area contributed by atoms with E-state index in [0.29, 0.717) is 11.4 Å². The lowest BCUT2D eigenvalue weighted by atomic mass is 10.1. The highest BCUT2D eigenvalue weighted by atomic mass is 32.2. The van der Waals surface area contributed by atoms with Gasteiger partial charge in [-0.25, -0.2) is 18.1 Å². The molecule has 1 saturated heterocycles. The Morgan fingerprint density at radius 2 is 1.80 bits per heavy atom. The van der Waals surface area contributed by atoms with Crippen LogP contribution < -0.4 is 9.62 Å². The summed E-state index contributed by atoms with van der Waals surface area (Å²) < 4.78 is 36.2. The zero-order chi connectivity index (χ0) is 22.3. The van der Waals surface area contributed by atoms with E-state index in [-0.39, 0.29) is 29.2 Å². The summed E-state index contributed by atoms with van der Waals surface area (Å²) in [7, 11) is -3.69. The Bertz CT molecular complexity index is 983. The van der Waals surface area contributed by atoms with Crippen molar-refractivity contribution >= 4 is 15.8 Å². The lowest BCUT2D eigenvalue weighted by Gasteiger charge is -2.36. The molecular formula is C21H33N5O3S. The summed E-state index contributed by atoms with van der Waals surface area (Å²) in [4.78, 5) is 6.98. The van der Waals surface area contributed by atoms with Crippen LogP contribution >= 0.6 is 0 Å². The van der Waals surface area contributed by atoms with Crippen LogP contribution in [0.4, 0.5) is 5.82 Å². The Hall–Kier alpha value is -1.97. The summed E-state index contributed by atoms with van der Waals surface area (Å²) in [6, 6.07) is 3.84. The quantitative estimate of drug-likeness (QED) is 0.777. The van der Waals surface area contributed by atoms with Crippen LogP contribution in [0.5, 0.6) is 0 Å². The highest BCUT2D eigenvalue weighted by Gasteiger charge is 2.28. The Morgan fingerprint density at radius 1 is 1.17 bits per heavy atom. The predicted molar refractivity (Wildman–Crippen MR) is 117 cm³/mol. The molecule has 0 saturated carbocycles. The van der Waals surface area contributed by atoms with E-state index < -0.39 is 10.0 Å². The standard InChI is InChI=1S/C21H33N5O3S/c1-14-12-25(13-15(2)29-14)19-9-8-18(10-22-19)11-23-30(27,28)20-16(3)24-26(17(20)4)21(5,6)7/h8-10,14-15,23H,11-13H2,1-7H3. The maximum Gasteiger partial charge on any atom is 0.244 e. The topological polar surface area (TPSA) is 89.4 Å². The molecule has 30 heavy (non-hydrogen) atoms. The van der Waals surface area contributed by atoms with Crippen LogP contribution in [0.2, 0.25) is 0 Å². The van der Waals surface area contributed by atoms with Crippen molar-refractivity contribution in [1.82, 2.24) is 19.5 Å². The summed E-state index contributed by atoms with van der Waals surface area (Å²) >= 11 is 0. The molecule has 0 bridgehead atoms. The normalized spacial score (nSPS) is 20.6. The number of hydrogen-bond donors (Lipinski definition) is 1. The molecule has 2 aromatic heterocycles. The first kappa shape index (κ1) is 22.7. The number of hydrogen-bond acceptors (Lipinski definition) is 6. The third-order valence-electron chi connectivity index (χ3n) is 5.15. The number of ether oxygens (including phenoxy) is 1. The fraction of sp³-hybridized carbons (Fsp3) is 0.619. The van der Waals surface area contributed by atoms with Gasteiger partial charge in [0.05, 0.1) is 29.1 Å². The van der Waals surface area contributed by atoms with E-state index in [1.54, 1.807) is 24.7 Å². The summed E-state index contributed by atoms with van der Waals surface area (Å²) in [6.07, 6.45) is 2.03. The van der Waals surface area contributed by atoms with Gasteiger partial charge in [-0.05, 0) is 60.1 Å². The van der Waals surface area contributed by atoms with Crippen LogP contribution in [-0.4, -0.2) is 48.5 Å². The second-order valence-corrected chi connectivity index (χ2v) is 10.8. The van der Waals surface area contributed by atoms with Crippen molar-refractivity contribution in [2.45, 2.75) is 77.7 Å².